The molecule has 1 aromatic carbocycles. The third-order valence-electron chi connectivity index (χ3n) is 5.31. The van der Waals surface area contributed by atoms with Crippen LogP contribution in [0.4, 0.5) is 5.69 Å². The number of hydrogen-bond acceptors (Lipinski definition) is 4. The Balaban J connectivity index is 1.59. The molecule has 0 bridgehead atoms. The van der Waals surface area contributed by atoms with Crippen molar-refractivity contribution in [2.24, 2.45) is 13.0 Å². The number of nitrogens with one attached hydrogen (secondary N) is 2. The van der Waals surface area contributed by atoms with Crippen molar-refractivity contribution in [3.8, 4) is 0 Å². The second kappa shape index (κ2) is 6.52. The van der Waals surface area contributed by atoms with Gasteiger partial charge in [0.05, 0.1) is 29.6 Å². The van der Waals surface area contributed by atoms with Crippen molar-refractivity contribution in [1.82, 2.24) is 15.1 Å². The zero-order chi connectivity index (χ0) is 17.4. The molecule has 2 aromatic rings. The van der Waals surface area contributed by atoms with Crippen molar-refractivity contribution < 1.29 is 9.90 Å². The molecule has 1 amide bonds. The molecule has 0 unspecified atom stereocenters. The van der Waals surface area contributed by atoms with Crippen LogP contribution in [0.2, 0.25) is 0 Å². The third-order valence-corrected chi connectivity index (χ3v) is 5.31. The van der Waals surface area contributed by atoms with E-state index < -0.39 is 0 Å². The number of para-hydroxylation sites is 1. The average molecular weight is 340 g/mol. The maximum atomic E-state index is 13.0. The van der Waals surface area contributed by atoms with Gasteiger partial charge in [-0.3, -0.25) is 9.48 Å². The van der Waals surface area contributed by atoms with Crippen LogP contribution in [0, 0.1) is 5.92 Å². The molecule has 4 rings (SSSR count). The van der Waals surface area contributed by atoms with Gasteiger partial charge in [0.1, 0.15) is 0 Å². The first-order chi connectivity index (χ1) is 12.1. The van der Waals surface area contributed by atoms with E-state index in [-0.39, 0.29) is 24.0 Å². The predicted molar refractivity (Wildman–Crippen MR) is 95.4 cm³/mol. The van der Waals surface area contributed by atoms with Crippen molar-refractivity contribution in [2.45, 2.75) is 37.8 Å². The molecule has 1 aliphatic heterocycles. The van der Waals surface area contributed by atoms with Crippen LogP contribution in [0.25, 0.3) is 0 Å². The van der Waals surface area contributed by atoms with Crippen molar-refractivity contribution in [2.75, 3.05) is 11.9 Å². The van der Waals surface area contributed by atoms with Crippen LogP contribution in [0.5, 0.6) is 0 Å². The van der Waals surface area contributed by atoms with Crippen molar-refractivity contribution >= 4 is 11.6 Å². The Morgan fingerprint density at radius 1 is 1.44 bits per heavy atom. The van der Waals surface area contributed by atoms with Crippen LogP contribution in [-0.2, 0) is 13.5 Å². The molecule has 1 saturated carbocycles. The van der Waals surface area contributed by atoms with E-state index in [2.05, 4.69) is 21.8 Å². The van der Waals surface area contributed by atoms with Gasteiger partial charge in [-0.2, -0.15) is 5.10 Å². The van der Waals surface area contributed by atoms with Gasteiger partial charge in [-0.05, 0) is 43.2 Å². The summed E-state index contributed by atoms with van der Waals surface area (Å²) in [5, 5.41) is 20.5. The van der Waals surface area contributed by atoms with Crippen molar-refractivity contribution in [3.05, 3.63) is 47.3 Å². The lowest BCUT2D eigenvalue weighted by atomic mass is 9.75. The molecule has 0 saturated heterocycles. The number of hydrogen-bond donors (Lipinski definition) is 3. The lowest BCUT2D eigenvalue weighted by Crippen LogP contribution is -2.41. The fraction of sp³-hybridized carbons (Fsp3) is 0.474. The topological polar surface area (TPSA) is 79.2 Å². The zero-order valence-electron chi connectivity index (χ0n) is 14.4. The number of carbonyl (C=O) groups is 1. The van der Waals surface area contributed by atoms with Crippen LogP contribution in [-0.4, -0.2) is 33.4 Å². The number of anilines is 1. The van der Waals surface area contributed by atoms with Crippen LogP contribution >= 0.6 is 0 Å². The molecule has 0 spiro atoms. The number of aryl methyl sites for hydroxylation is 2. The van der Waals surface area contributed by atoms with Crippen LogP contribution in [0.15, 0.2) is 30.6 Å². The molecular formula is C19H24N4O2. The highest BCUT2D eigenvalue weighted by molar-refractivity contribution is 6.00. The average Bonchev–Trinajstić information content (AvgIpc) is 3.02. The molecule has 1 aliphatic carbocycles. The SMILES string of the molecule is Cn1cc([C@H](NC(=O)c2cccc3c2NCCC3)C2CC(O)C2)cn1. The van der Waals surface area contributed by atoms with Gasteiger partial charge < -0.3 is 15.7 Å². The van der Waals surface area contributed by atoms with E-state index in [0.29, 0.717) is 18.4 Å². The Morgan fingerprint density at radius 2 is 2.28 bits per heavy atom. The minimum atomic E-state index is -0.257. The molecule has 0 radical (unpaired) electrons. The third kappa shape index (κ3) is 3.14. The maximum absolute atomic E-state index is 13.0. The Labute approximate surface area is 147 Å². The van der Waals surface area contributed by atoms with Crippen molar-refractivity contribution in [3.63, 3.8) is 0 Å². The molecule has 25 heavy (non-hydrogen) atoms. The molecular weight excluding hydrogens is 316 g/mol. The van der Waals surface area contributed by atoms with E-state index in [1.165, 1.54) is 5.56 Å². The summed E-state index contributed by atoms with van der Waals surface area (Å²) in [6.45, 7) is 0.901. The molecule has 2 heterocycles. The second-order valence-corrected chi connectivity index (χ2v) is 7.15. The highest BCUT2D eigenvalue weighted by atomic mass is 16.3. The van der Waals surface area contributed by atoms with Crippen LogP contribution in [0.1, 0.15) is 46.8 Å². The van der Waals surface area contributed by atoms with E-state index >= 15 is 0 Å². The Morgan fingerprint density at radius 3 is 3.00 bits per heavy atom. The molecule has 6 heteroatoms. The molecule has 1 fully saturated rings. The summed E-state index contributed by atoms with van der Waals surface area (Å²) in [6.07, 6.45) is 7.01. The number of rotatable bonds is 4. The van der Waals surface area contributed by atoms with Gasteiger partial charge in [0.2, 0.25) is 0 Å². The first-order valence-electron chi connectivity index (χ1n) is 8.95. The molecule has 6 nitrogen and oxygen atoms in total. The molecule has 1 aromatic heterocycles. The number of aliphatic hydroxyl groups excluding tert-OH is 1. The number of benzene rings is 1. The van der Waals surface area contributed by atoms with Crippen molar-refractivity contribution in [1.29, 1.82) is 0 Å². The minimum Gasteiger partial charge on any atom is -0.393 e. The standard InChI is InChI=1S/C19H24N4O2/c1-23-11-14(10-21-23)17(13-8-15(24)9-13)22-19(25)16-6-2-4-12-5-3-7-20-18(12)16/h2,4,6,10-11,13,15,17,20,24H,3,5,7-9H2,1H3,(H,22,25)/t13?,15?,17-/m1/s1. The Hall–Kier alpha value is -2.34. The fourth-order valence-electron chi connectivity index (χ4n) is 3.89. The highest BCUT2D eigenvalue weighted by Gasteiger charge is 2.36. The smallest absolute Gasteiger partial charge is 0.253 e. The number of nitrogens with zero attached hydrogens (tertiary/aromatic N) is 2. The van der Waals surface area contributed by atoms with E-state index in [4.69, 9.17) is 0 Å². The lowest BCUT2D eigenvalue weighted by molar-refractivity contribution is 0.0235. The van der Waals surface area contributed by atoms with Gasteiger partial charge >= 0.3 is 0 Å². The fourth-order valence-corrected chi connectivity index (χ4v) is 3.89. The second-order valence-electron chi connectivity index (χ2n) is 7.15. The summed E-state index contributed by atoms with van der Waals surface area (Å²) in [5.41, 5.74) is 3.86. The van der Waals surface area contributed by atoms with Crippen LogP contribution in [0.3, 0.4) is 0 Å². The van der Waals surface area contributed by atoms with E-state index in [0.717, 1.165) is 30.6 Å². The molecule has 1 atom stereocenters. The maximum Gasteiger partial charge on any atom is 0.253 e. The van der Waals surface area contributed by atoms with Gasteiger partial charge in [0.25, 0.3) is 5.91 Å². The number of amides is 1. The van der Waals surface area contributed by atoms with Crippen LogP contribution < -0.4 is 10.6 Å². The first kappa shape index (κ1) is 16.1. The monoisotopic (exact) mass is 340 g/mol. The van der Waals surface area contributed by atoms with Gasteiger partial charge in [0, 0.05) is 25.4 Å². The quantitative estimate of drug-likeness (QED) is 0.796. The number of aromatic nitrogens is 2. The summed E-state index contributed by atoms with van der Waals surface area (Å²) in [6, 6.07) is 5.79. The number of aliphatic hydroxyl groups is 1. The molecule has 2 aliphatic rings. The van der Waals surface area contributed by atoms with E-state index in [9.17, 15) is 9.90 Å². The number of fused-ring (bicyclic) bond motifs is 1. The summed E-state index contributed by atoms with van der Waals surface area (Å²) >= 11 is 0. The minimum absolute atomic E-state index is 0.0681. The van der Waals surface area contributed by atoms with E-state index in [1.54, 1.807) is 10.9 Å². The summed E-state index contributed by atoms with van der Waals surface area (Å²) in [4.78, 5) is 13.0. The molecule has 132 valence electrons. The summed E-state index contributed by atoms with van der Waals surface area (Å²) < 4.78 is 1.75. The van der Waals surface area contributed by atoms with Gasteiger partial charge in [-0.1, -0.05) is 12.1 Å². The number of carbonyl (C=O) groups excluding carboxylic acids is 1. The normalized spacial score (nSPS) is 23.1. The Bertz CT molecular complexity index is 779. The van der Waals surface area contributed by atoms with Gasteiger partial charge in [-0.15, -0.1) is 0 Å². The summed E-state index contributed by atoms with van der Waals surface area (Å²) in [7, 11) is 1.87. The van der Waals surface area contributed by atoms with E-state index in [1.807, 2.05) is 25.4 Å². The predicted octanol–water partition coefficient (Wildman–Crippen LogP) is 2.02. The zero-order valence-corrected chi connectivity index (χ0v) is 14.4. The highest BCUT2D eigenvalue weighted by Crippen LogP contribution is 2.38. The lowest BCUT2D eigenvalue weighted by Gasteiger charge is -2.37. The van der Waals surface area contributed by atoms with Gasteiger partial charge in [-0.25, -0.2) is 0 Å². The first-order valence-corrected chi connectivity index (χ1v) is 8.95. The Kier molecular flexibility index (Phi) is 4.21. The molecule has 3 N–H and O–H groups in total. The van der Waals surface area contributed by atoms with Gasteiger partial charge in [0.15, 0.2) is 0 Å². The summed E-state index contributed by atoms with van der Waals surface area (Å²) in [5.74, 6) is 0.178. The largest absolute Gasteiger partial charge is 0.393 e.